The molecule has 0 saturated carbocycles. The molecule has 102 valence electrons. The molecule has 6 heteroatoms. The van der Waals surface area contributed by atoms with E-state index in [0.29, 0.717) is 11.5 Å². The zero-order valence-corrected chi connectivity index (χ0v) is 10.8. The van der Waals surface area contributed by atoms with Gasteiger partial charge < -0.3 is 20.1 Å². The van der Waals surface area contributed by atoms with E-state index in [9.17, 15) is 9.59 Å². The summed E-state index contributed by atoms with van der Waals surface area (Å²) in [6, 6.07) is 7.14. The normalized spacial score (nSPS) is 20.7. The summed E-state index contributed by atoms with van der Waals surface area (Å²) in [6.45, 7) is 1.60. The van der Waals surface area contributed by atoms with Gasteiger partial charge in [-0.25, -0.2) is 0 Å². The van der Waals surface area contributed by atoms with Crippen molar-refractivity contribution in [2.24, 2.45) is 5.73 Å². The number of carbonyl (C=O) groups excluding carboxylic acids is 2. The number of ether oxygens (including phenoxy) is 2. The zero-order valence-electron chi connectivity index (χ0n) is 10.8. The molecular weight excluding hydrogens is 248 g/mol. The van der Waals surface area contributed by atoms with Crippen LogP contribution in [0.5, 0.6) is 11.5 Å². The summed E-state index contributed by atoms with van der Waals surface area (Å²) in [5.74, 6) is 0.226. The van der Waals surface area contributed by atoms with E-state index >= 15 is 0 Å². The van der Waals surface area contributed by atoms with Crippen LogP contribution >= 0.6 is 0 Å². The first kappa shape index (κ1) is 13.2. The van der Waals surface area contributed by atoms with E-state index in [0.717, 1.165) is 0 Å². The van der Waals surface area contributed by atoms with E-state index in [2.05, 4.69) is 0 Å². The molecule has 0 aliphatic carbocycles. The van der Waals surface area contributed by atoms with Crippen LogP contribution in [-0.2, 0) is 9.59 Å². The molecule has 0 aromatic heterocycles. The highest BCUT2D eigenvalue weighted by Crippen LogP contribution is 2.33. The summed E-state index contributed by atoms with van der Waals surface area (Å²) in [7, 11) is 1.50. The number of likely N-dealkylation sites (N-methyl/N-ethyl adjacent to an activating group) is 1. The summed E-state index contributed by atoms with van der Waals surface area (Å²) in [6.07, 6.45) is -1.21. The topological polar surface area (TPSA) is 81.9 Å². The van der Waals surface area contributed by atoms with Gasteiger partial charge >= 0.3 is 0 Å². The first-order chi connectivity index (χ1) is 8.99. The second kappa shape index (κ2) is 5.17. The molecule has 6 nitrogen and oxygen atoms in total. The Hall–Kier alpha value is -2.24. The lowest BCUT2D eigenvalue weighted by atomic mass is 10.1. The van der Waals surface area contributed by atoms with E-state index in [1.54, 1.807) is 25.1 Å². The molecule has 1 aromatic carbocycles. The zero-order chi connectivity index (χ0) is 14.0. The molecular formula is C13H16N2O4. The second-order valence-corrected chi connectivity index (χ2v) is 4.47. The van der Waals surface area contributed by atoms with Crippen LogP contribution in [0.1, 0.15) is 6.92 Å². The van der Waals surface area contributed by atoms with Crippen LogP contribution in [0.4, 0.5) is 0 Å². The van der Waals surface area contributed by atoms with Crippen molar-refractivity contribution in [1.82, 2.24) is 4.90 Å². The van der Waals surface area contributed by atoms with E-state index in [1.165, 1.54) is 11.9 Å². The number of fused-ring (bicyclic) bond motifs is 1. The van der Waals surface area contributed by atoms with Gasteiger partial charge in [-0.2, -0.15) is 0 Å². The molecule has 0 saturated heterocycles. The number of nitrogens with two attached hydrogens (primary N) is 1. The van der Waals surface area contributed by atoms with Crippen molar-refractivity contribution in [3.05, 3.63) is 24.3 Å². The Morgan fingerprint density at radius 3 is 2.42 bits per heavy atom. The minimum absolute atomic E-state index is 0.146. The lowest BCUT2D eigenvalue weighted by molar-refractivity contribution is -0.145. The number of primary amides is 1. The highest BCUT2D eigenvalue weighted by Gasteiger charge is 2.35. The van der Waals surface area contributed by atoms with Gasteiger partial charge in [0.25, 0.3) is 5.91 Å². The average Bonchev–Trinajstić information content (AvgIpc) is 2.36. The minimum Gasteiger partial charge on any atom is -0.482 e. The third-order valence-electron chi connectivity index (χ3n) is 2.85. The molecule has 1 aliphatic heterocycles. The number of amides is 2. The van der Waals surface area contributed by atoms with Crippen molar-refractivity contribution < 1.29 is 19.1 Å². The van der Waals surface area contributed by atoms with Crippen molar-refractivity contribution in [3.8, 4) is 11.5 Å². The summed E-state index contributed by atoms with van der Waals surface area (Å²) >= 11 is 0. The Labute approximate surface area is 111 Å². The number of nitrogens with zero attached hydrogens (tertiary/aromatic N) is 1. The van der Waals surface area contributed by atoms with E-state index in [1.807, 2.05) is 6.07 Å². The van der Waals surface area contributed by atoms with Crippen LogP contribution in [0.3, 0.4) is 0 Å². The second-order valence-electron chi connectivity index (χ2n) is 4.47. The maximum Gasteiger partial charge on any atom is 0.267 e. The quantitative estimate of drug-likeness (QED) is 0.843. The standard InChI is InChI=1S/C13H16N2O4/c1-8-12(13(17)15(2)7-11(14)16)19-10-6-4-3-5-9(10)18-8/h3-6,8,12H,7H2,1-2H3,(H2,14,16)/t8-,12+/m0/s1. The molecule has 2 rings (SSSR count). The molecule has 1 aliphatic rings. The van der Waals surface area contributed by atoms with Crippen LogP contribution in [0.2, 0.25) is 0 Å². The molecule has 0 bridgehead atoms. The largest absolute Gasteiger partial charge is 0.482 e. The lowest BCUT2D eigenvalue weighted by Crippen LogP contribution is -2.51. The molecule has 2 atom stereocenters. The monoisotopic (exact) mass is 264 g/mol. The fourth-order valence-corrected chi connectivity index (χ4v) is 1.92. The number of carbonyl (C=O) groups is 2. The number of hydrogen-bond acceptors (Lipinski definition) is 4. The fraction of sp³-hybridized carbons (Fsp3) is 0.385. The SMILES string of the molecule is C[C@@H]1Oc2ccccc2O[C@H]1C(=O)N(C)CC(N)=O. The number of para-hydroxylation sites is 2. The average molecular weight is 264 g/mol. The highest BCUT2D eigenvalue weighted by molar-refractivity contribution is 5.87. The summed E-state index contributed by atoms with van der Waals surface area (Å²) in [5, 5.41) is 0. The smallest absolute Gasteiger partial charge is 0.267 e. The Morgan fingerprint density at radius 2 is 1.84 bits per heavy atom. The van der Waals surface area contributed by atoms with E-state index < -0.39 is 18.1 Å². The van der Waals surface area contributed by atoms with Crippen molar-refractivity contribution in [2.45, 2.75) is 19.1 Å². The third-order valence-corrected chi connectivity index (χ3v) is 2.85. The maximum atomic E-state index is 12.2. The van der Waals surface area contributed by atoms with Gasteiger partial charge in [-0.05, 0) is 19.1 Å². The van der Waals surface area contributed by atoms with Crippen LogP contribution < -0.4 is 15.2 Å². The Bertz CT molecular complexity index is 503. The summed E-state index contributed by atoms with van der Waals surface area (Å²) < 4.78 is 11.3. The molecule has 0 fully saturated rings. The van der Waals surface area contributed by atoms with E-state index in [4.69, 9.17) is 15.2 Å². The van der Waals surface area contributed by atoms with Gasteiger partial charge in [0.15, 0.2) is 11.5 Å². The fourth-order valence-electron chi connectivity index (χ4n) is 1.92. The molecule has 0 unspecified atom stereocenters. The molecule has 2 N–H and O–H groups in total. The molecule has 0 spiro atoms. The molecule has 0 radical (unpaired) electrons. The van der Waals surface area contributed by atoms with Crippen LogP contribution in [0.15, 0.2) is 24.3 Å². The Morgan fingerprint density at radius 1 is 1.26 bits per heavy atom. The maximum absolute atomic E-state index is 12.2. The van der Waals surface area contributed by atoms with Crippen LogP contribution in [-0.4, -0.2) is 42.5 Å². The van der Waals surface area contributed by atoms with Gasteiger partial charge in [0.05, 0.1) is 6.54 Å². The number of benzene rings is 1. The summed E-state index contributed by atoms with van der Waals surface area (Å²) in [5.41, 5.74) is 5.07. The van der Waals surface area contributed by atoms with Crippen molar-refractivity contribution in [1.29, 1.82) is 0 Å². The first-order valence-corrected chi connectivity index (χ1v) is 5.94. The van der Waals surface area contributed by atoms with Gasteiger partial charge in [0.2, 0.25) is 12.0 Å². The Balaban J connectivity index is 2.14. The van der Waals surface area contributed by atoms with Crippen molar-refractivity contribution >= 4 is 11.8 Å². The van der Waals surface area contributed by atoms with Crippen LogP contribution in [0, 0.1) is 0 Å². The summed E-state index contributed by atoms with van der Waals surface area (Å²) in [4.78, 5) is 24.2. The van der Waals surface area contributed by atoms with Gasteiger partial charge in [0, 0.05) is 7.05 Å². The molecule has 1 heterocycles. The Kier molecular flexibility index (Phi) is 3.59. The van der Waals surface area contributed by atoms with Gasteiger partial charge in [0.1, 0.15) is 6.10 Å². The predicted molar refractivity (Wildman–Crippen MR) is 67.8 cm³/mol. The number of rotatable bonds is 3. The minimum atomic E-state index is -0.778. The molecule has 1 aromatic rings. The number of hydrogen-bond donors (Lipinski definition) is 1. The van der Waals surface area contributed by atoms with E-state index in [-0.39, 0.29) is 12.5 Å². The highest BCUT2D eigenvalue weighted by atomic mass is 16.6. The van der Waals surface area contributed by atoms with Gasteiger partial charge in [-0.15, -0.1) is 0 Å². The van der Waals surface area contributed by atoms with Gasteiger partial charge in [-0.3, -0.25) is 9.59 Å². The molecule has 2 amide bonds. The predicted octanol–water partition coefficient (Wildman–Crippen LogP) is 0.159. The van der Waals surface area contributed by atoms with Crippen LogP contribution in [0.25, 0.3) is 0 Å². The first-order valence-electron chi connectivity index (χ1n) is 5.94. The van der Waals surface area contributed by atoms with Gasteiger partial charge in [-0.1, -0.05) is 12.1 Å². The third kappa shape index (κ3) is 2.78. The lowest BCUT2D eigenvalue weighted by Gasteiger charge is -2.33. The van der Waals surface area contributed by atoms with Crippen molar-refractivity contribution in [2.75, 3.05) is 13.6 Å². The molecule has 19 heavy (non-hydrogen) atoms. The van der Waals surface area contributed by atoms with Crippen molar-refractivity contribution in [3.63, 3.8) is 0 Å².